The number of hydrogen-bond acceptors (Lipinski definition) is 5. The number of rotatable bonds is 11. The number of nitriles is 2. The normalized spacial score (nSPS) is 14.0. The summed E-state index contributed by atoms with van der Waals surface area (Å²) in [5.74, 6) is -2.27. The molecule has 0 heterocycles. The van der Waals surface area contributed by atoms with E-state index in [9.17, 15) is 36.4 Å². The van der Waals surface area contributed by atoms with Crippen molar-refractivity contribution in [3.63, 3.8) is 0 Å². The Morgan fingerprint density at radius 2 is 1.51 bits per heavy atom. The zero-order valence-corrected chi connectivity index (χ0v) is 23.1. The summed E-state index contributed by atoms with van der Waals surface area (Å²) in [6, 6.07) is 13.4. The molecule has 3 N–H and O–H groups in total. The molecule has 0 radical (unpaired) electrons. The molecule has 0 aliphatic heterocycles. The van der Waals surface area contributed by atoms with Crippen LogP contribution in [0, 0.1) is 34.4 Å². The molecular formula is C31H28F6N4O2. The lowest BCUT2D eigenvalue weighted by atomic mass is 9.96. The lowest BCUT2D eigenvalue weighted by molar-refractivity contribution is -0.196. The van der Waals surface area contributed by atoms with Crippen molar-refractivity contribution in [1.82, 2.24) is 10.6 Å². The zero-order chi connectivity index (χ0) is 31.9. The van der Waals surface area contributed by atoms with Crippen LogP contribution in [0.1, 0.15) is 42.1 Å². The highest BCUT2D eigenvalue weighted by molar-refractivity contribution is 5.82. The maximum absolute atomic E-state index is 14.3. The number of amides is 1. The van der Waals surface area contributed by atoms with Crippen molar-refractivity contribution in [1.29, 1.82) is 10.5 Å². The highest BCUT2D eigenvalue weighted by atomic mass is 19.4. The molecular weight excluding hydrogens is 574 g/mol. The van der Waals surface area contributed by atoms with Crippen LogP contribution in [0.25, 0.3) is 11.1 Å². The van der Waals surface area contributed by atoms with Gasteiger partial charge in [-0.15, -0.1) is 0 Å². The fourth-order valence-corrected chi connectivity index (χ4v) is 4.45. The Balaban J connectivity index is 1.77. The minimum Gasteiger partial charge on any atom is -0.339 e. The summed E-state index contributed by atoms with van der Waals surface area (Å²) in [4.78, 5) is 13.1. The third-order valence-corrected chi connectivity index (χ3v) is 6.65. The van der Waals surface area contributed by atoms with Gasteiger partial charge in [0.2, 0.25) is 5.91 Å². The molecule has 43 heavy (non-hydrogen) atoms. The van der Waals surface area contributed by atoms with E-state index in [1.807, 2.05) is 6.07 Å². The van der Waals surface area contributed by atoms with Gasteiger partial charge in [0.1, 0.15) is 17.9 Å². The number of aliphatic hydroxyl groups is 1. The van der Waals surface area contributed by atoms with Gasteiger partial charge in [-0.05, 0) is 45.9 Å². The molecule has 0 bridgehead atoms. The highest BCUT2D eigenvalue weighted by Gasteiger charge is 2.43. The number of carbonyl (C=O) groups excluding carboxylic acids is 1. The topological polar surface area (TPSA) is 109 Å². The largest absolute Gasteiger partial charge is 0.407 e. The Labute approximate surface area is 244 Å². The molecule has 226 valence electrons. The van der Waals surface area contributed by atoms with Crippen LogP contribution < -0.4 is 10.6 Å². The lowest BCUT2D eigenvalue weighted by Crippen LogP contribution is -2.53. The summed E-state index contributed by atoms with van der Waals surface area (Å²) in [7, 11) is 0. The number of alkyl halides is 5. The molecule has 0 fully saturated rings. The summed E-state index contributed by atoms with van der Waals surface area (Å²) in [6.07, 6.45) is -9.83. The van der Waals surface area contributed by atoms with Gasteiger partial charge < -0.3 is 10.4 Å². The SMILES string of the molecule is CC(C)[C@H](N[C@@H](c1ccc(-c2ccc(CC(O)(F)F)cc2)cc1)C(F)(F)F)C(=O)NC(C#N)Cc1ccc(C#N)cc1F. The Hall–Kier alpha value is -4.39. The minimum absolute atomic E-state index is 0.0501. The Morgan fingerprint density at radius 3 is 1.98 bits per heavy atom. The van der Waals surface area contributed by atoms with E-state index in [-0.39, 0.29) is 28.7 Å². The van der Waals surface area contributed by atoms with E-state index in [0.29, 0.717) is 11.1 Å². The first kappa shape index (κ1) is 33.1. The molecule has 0 spiro atoms. The molecule has 0 saturated heterocycles. The molecule has 0 saturated carbocycles. The predicted octanol–water partition coefficient (Wildman–Crippen LogP) is 5.96. The molecule has 0 aliphatic carbocycles. The monoisotopic (exact) mass is 602 g/mol. The van der Waals surface area contributed by atoms with Crippen molar-refractivity contribution in [3.8, 4) is 23.3 Å². The standard InChI is InChI=1S/C31H28F6N4O2/c1-18(2)27(29(42)40-25(17-39)14-24-8-5-20(16-38)13-26(24)32)41-28(31(35,36)37)23-11-9-22(10-12-23)21-6-3-19(4-7-21)15-30(33,34)43/h3-13,18,25,27-28,41,43H,14-15H2,1-2H3,(H,40,42)/t25?,27-,28-/m0/s1. The van der Waals surface area contributed by atoms with Crippen molar-refractivity contribution in [2.24, 2.45) is 5.92 Å². The predicted molar refractivity (Wildman–Crippen MR) is 146 cm³/mol. The summed E-state index contributed by atoms with van der Waals surface area (Å²) in [5, 5.41) is 31.9. The highest BCUT2D eigenvalue weighted by Crippen LogP contribution is 2.35. The van der Waals surface area contributed by atoms with Crippen LogP contribution in [0.4, 0.5) is 26.3 Å². The number of hydrogen-bond donors (Lipinski definition) is 3. The molecule has 1 amide bonds. The quantitative estimate of drug-likeness (QED) is 0.235. The third-order valence-electron chi connectivity index (χ3n) is 6.65. The van der Waals surface area contributed by atoms with E-state index in [4.69, 9.17) is 10.4 Å². The van der Waals surface area contributed by atoms with Gasteiger partial charge in [-0.2, -0.15) is 32.5 Å². The summed E-state index contributed by atoms with van der Waals surface area (Å²) < 4.78 is 82.7. The molecule has 12 heteroatoms. The average Bonchev–Trinajstić information content (AvgIpc) is 2.92. The zero-order valence-electron chi connectivity index (χ0n) is 23.1. The summed E-state index contributed by atoms with van der Waals surface area (Å²) in [6.45, 7) is 3.07. The van der Waals surface area contributed by atoms with Crippen LogP contribution in [0.15, 0.2) is 66.7 Å². The molecule has 3 aromatic rings. The van der Waals surface area contributed by atoms with Crippen LogP contribution in [-0.4, -0.2) is 35.4 Å². The summed E-state index contributed by atoms with van der Waals surface area (Å²) in [5.41, 5.74) is 1.16. The number of carbonyl (C=O) groups is 1. The van der Waals surface area contributed by atoms with E-state index in [0.717, 1.165) is 6.07 Å². The molecule has 1 unspecified atom stereocenters. The number of nitrogens with zero attached hydrogens (tertiary/aromatic N) is 2. The molecule has 3 atom stereocenters. The van der Waals surface area contributed by atoms with Gasteiger partial charge in [-0.3, -0.25) is 10.1 Å². The van der Waals surface area contributed by atoms with Crippen LogP contribution in [0.3, 0.4) is 0 Å². The van der Waals surface area contributed by atoms with E-state index < -0.39 is 54.5 Å². The van der Waals surface area contributed by atoms with Crippen LogP contribution >= 0.6 is 0 Å². The van der Waals surface area contributed by atoms with E-state index >= 15 is 0 Å². The van der Waals surface area contributed by atoms with Crippen molar-refractivity contribution < 1.29 is 36.2 Å². The first-order chi connectivity index (χ1) is 20.1. The van der Waals surface area contributed by atoms with Crippen molar-refractivity contribution in [3.05, 3.63) is 94.8 Å². The third kappa shape index (κ3) is 9.30. The van der Waals surface area contributed by atoms with Gasteiger partial charge in [-0.25, -0.2) is 4.39 Å². The molecule has 0 aromatic heterocycles. The molecule has 0 aliphatic rings. The van der Waals surface area contributed by atoms with Gasteiger partial charge in [0.25, 0.3) is 0 Å². The molecule has 3 aromatic carbocycles. The van der Waals surface area contributed by atoms with E-state index in [2.05, 4.69) is 10.6 Å². The fourth-order valence-electron chi connectivity index (χ4n) is 4.45. The first-order valence-corrected chi connectivity index (χ1v) is 13.1. The van der Waals surface area contributed by atoms with Gasteiger partial charge in [0.05, 0.1) is 30.2 Å². The Morgan fingerprint density at radius 1 is 0.930 bits per heavy atom. The van der Waals surface area contributed by atoms with Gasteiger partial charge in [-0.1, -0.05) is 68.4 Å². The van der Waals surface area contributed by atoms with E-state index in [1.54, 1.807) is 6.07 Å². The van der Waals surface area contributed by atoms with Crippen molar-refractivity contribution in [2.75, 3.05) is 0 Å². The Bertz CT molecular complexity index is 1490. The maximum atomic E-state index is 14.3. The average molecular weight is 603 g/mol. The van der Waals surface area contributed by atoms with Crippen LogP contribution in [0.2, 0.25) is 0 Å². The number of nitrogens with one attached hydrogen (secondary N) is 2. The smallest absolute Gasteiger partial charge is 0.339 e. The Kier molecular flexibility index (Phi) is 10.6. The van der Waals surface area contributed by atoms with Gasteiger partial charge in [0.15, 0.2) is 0 Å². The van der Waals surface area contributed by atoms with Crippen LogP contribution in [0.5, 0.6) is 0 Å². The lowest BCUT2D eigenvalue weighted by Gasteiger charge is -2.30. The first-order valence-electron chi connectivity index (χ1n) is 13.1. The summed E-state index contributed by atoms with van der Waals surface area (Å²) >= 11 is 0. The number of halogens is 6. The second-order valence-electron chi connectivity index (χ2n) is 10.3. The fraction of sp³-hybridized carbons (Fsp3) is 0.323. The van der Waals surface area contributed by atoms with Gasteiger partial charge in [0, 0.05) is 6.42 Å². The second kappa shape index (κ2) is 13.7. The van der Waals surface area contributed by atoms with Crippen LogP contribution in [-0.2, 0) is 17.6 Å². The van der Waals surface area contributed by atoms with Crippen molar-refractivity contribution in [2.45, 2.75) is 57.1 Å². The van der Waals surface area contributed by atoms with Gasteiger partial charge >= 0.3 is 12.3 Å². The molecule has 6 nitrogen and oxygen atoms in total. The van der Waals surface area contributed by atoms with E-state index in [1.165, 1.54) is 74.5 Å². The molecule has 3 rings (SSSR count). The maximum Gasteiger partial charge on any atom is 0.407 e. The minimum atomic E-state index is -4.81. The number of benzene rings is 3. The second-order valence-corrected chi connectivity index (χ2v) is 10.3. The van der Waals surface area contributed by atoms with Crippen molar-refractivity contribution >= 4 is 5.91 Å².